The molecule has 1 fully saturated rings. The van der Waals surface area contributed by atoms with Gasteiger partial charge in [-0.05, 0) is 44.2 Å². The molecule has 1 aliphatic carbocycles. The number of carbonyl (C=O) groups excluding carboxylic acids is 1. The van der Waals surface area contributed by atoms with E-state index < -0.39 is 0 Å². The van der Waals surface area contributed by atoms with Crippen LogP contribution in [0, 0.1) is 12.8 Å². The molecule has 1 amide bonds. The number of aryl methyl sites for hydroxylation is 1. The average molecular weight is 303 g/mol. The summed E-state index contributed by atoms with van der Waals surface area (Å²) in [7, 11) is 0. The van der Waals surface area contributed by atoms with Crippen LogP contribution in [0.5, 0.6) is 0 Å². The van der Waals surface area contributed by atoms with Crippen LogP contribution in [0.15, 0.2) is 24.3 Å². The zero-order valence-corrected chi connectivity index (χ0v) is 13.8. The fourth-order valence-corrected chi connectivity index (χ4v) is 3.33. The number of carbonyl (C=O) groups is 1. The van der Waals surface area contributed by atoms with Gasteiger partial charge in [0.05, 0.1) is 0 Å². The molecule has 122 valence electrons. The van der Waals surface area contributed by atoms with Gasteiger partial charge in [-0.1, -0.05) is 24.6 Å². The smallest absolute Gasteiger partial charge is 0.220 e. The predicted octanol–water partition coefficient (Wildman–Crippen LogP) is 2.46. The molecule has 0 aliphatic heterocycles. The number of nitrogens with two attached hydrogens (primary N) is 1. The lowest BCUT2D eigenvalue weighted by molar-refractivity contribution is -0.122. The Morgan fingerprint density at radius 1 is 1.36 bits per heavy atom. The minimum Gasteiger partial charge on any atom is -0.370 e. The Labute approximate surface area is 134 Å². The molecule has 0 bridgehead atoms. The largest absolute Gasteiger partial charge is 0.370 e. The van der Waals surface area contributed by atoms with Crippen molar-refractivity contribution in [1.82, 2.24) is 5.32 Å². The van der Waals surface area contributed by atoms with Crippen molar-refractivity contribution in [2.45, 2.75) is 45.6 Å². The first-order chi connectivity index (χ1) is 10.6. The highest BCUT2D eigenvalue weighted by Gasteiger charge is 2.25. The second-order valence-corrected chi connectivity index (χ2v) is 6.28. The maximum Gasteiger partial charge on any atom is 0.220 e. The molecular weight excluding hydrogens is 274 g/mol. The Bertz CT molecular complexity index is 489. The summed E-state index contributed by atoms with van der Waals surface area (Å²) in [4.78, 5) is 14.3. The van der Waals surface area contributed by atoms with E-state index in [1.807, 2.05) is 0 Å². The third-order valence-electron chi connectivity index (χ3n) is 4.71. The van der Waals surface area contributed by atoms with Gasteiger partial charge in [0.15, 0.2) is 0 Å². The molecule has 0 spiro atoms. The fraction of sp³-hybridized carbons (Fsp3) is 0.611. The minimum atomic E-state index is 0.142. The summed E-state index contributed by atoms with van der Waals surface area (Å²) >= 11 is 0. The normalized spacial score (nSPS) is 20.9. The maximum atomic E-state index is 12.0. The van der Waals surface area contributed by atoms with Gasteiger partial charge in [-0.15, -0.1) is 0 Å². The van der Waals surface area contributed by atoms with E-state index in [1.165, 1.54) is 11.3 Å². The van der Waals surface area contributed by atoms with Gasteiger partial charge in [0.2, 0.25) is 5.91 Å². The van der Waals surface area contributed by atoms with Crippen LogP contribution >= 0.6 is 0 Å². The highest BCUT2D eigenvalue weighted by molar-refractivity contribution is 5.76. The van der Waals surface area contributed by atoms with Gasteiger partial charge in [-0.2, -0.15) is 0 Å². The van der Waals surface area contributed by atoms with Crippen molar-refractivity contribution in [3.8, 4) is 0 Å². The molecular formula is C18H29N3O. The van der Waals surface area contributed by atoms with Crippen LogP contribution in [0.4, 0.5) is 5.69 Å². The van der Waals surface area contributed by atoms with E-state index in [1.54, 1.807) is 0 Å². The van der Waals surface area contributed by atoms with Crippen molar-refractivity contribution in [3.05, 3.63) is 29.8 Å². The number of rotatable bonds is 7. The number of benzene rings is 1. The van der Waals surface area contributed by atoms with Crippen LogP contribution in [0.25, 0.3) is 0 Å². The van der Waals surface area contributed by atoms with E-state index in [-0.39, 0.29) is 11.9 Å². The maximum absolute atomic E-state index is 12.0. The highest BCUT2D eigenvalue weighted by Crippen LogP contribution is 2.26. The summed E-state index contributed by atoms with van der Waals surface area (Å²) in [6.07, 6.45) is 3.90. The number of hydrogen-bond donors (Lipinski definition) is 2. The lowest BCUT2D eigenvalue weighted by atomic mass is 10.00. The Kier molecular flexibility index (Phi) is 6.25. The lowest BCUT2D eigenvalue weighted by Gasteiger charge is -2.25. The van der Waals surface area contributed by atoms with Gasteiger partial charge in [-0.25, -0.2) is 0 Å². The topological polar surface area (TPSA) is 58.4 Å². The predicted molar refractivity (Wildman–Crippen MR) is 92.0 cm³/mol. The molecule has 1 aromatic carbocycles. The molecule has 0 aromatic heterocycles. The van der Waals surface area contributed by atoms with Gasteiger partial charge in [0, 0.05) is 37.8 Å². The third-order valence-corrected chi connectivity index (χ3v) is 4.71. The van der Waals surface area contributed by atoms with Crippen molar-refractivity contribution in [3.63, 3.8) is 0 Å². The number of nitrogens with zero attached hydrogens (tertiary/aromatic N) is 1. The molecule has 0 radical (unpaired) electrons. The fourth-order valence-electron chi connectivity index (χ4n) is 3.33. The van der Waals surface area contributed by atoms with E-state index in [2.05, 4.69) is 48.3 Å². The van der Waals surface area contributed by atoms with E-state index in [0.717, 1.165) is 32.4 Å². The van der Waals surface area contributed by atoms with Crippen molar-refractivity contribution in [1.29, 1.82) is 0 Å². The number of para-hydroxylation sites is 1. The summed E-state index contributed by atoms with van der Waals surface area (Å²) in [5, 5.41) is 3.05. The zero-order valence-electron chi connectivity index (χ0n) is 13.8. The summed E-state index contributed by atoms with van der Waals surface area (Å²) < 4.78 is 0. The van der Waals surface area contributed by atoms with Gasteiger partial charge in [0.1, 0.15) is 0 Å². The summed E-state index contributed by atoms with van der Waals surface area (Å²) in [6.45, 7) is 6.73. The van der Waals surface area contributed by atoms with Crippen LogP contribution < -0.4 is 16.0 Å². The van der Waals surface area contributed by atoms with Crippen molar-refractivity contribution in [2.75, 3.05) is 24.5 Å². The minimum absolute atomic E-state index is 0.142. The van der Waals surface area contributed by atoms with Gasteiger partial charge < -0.3 is 16.0 Å². The third kappa shape index (κ3) is 4.47. The first kappa shape index (κ1) is 16.8. The first-order valence-electron chi connectivity index (χ1n) is 8.44. The monoisotopic (exact) mass is 303 g/mol. The molecule has 4 heteroatoms. The first-order valence-corrected chi connectivity index (χ1v) is 8.44. The number of nitrogens with one attached hydrogen (secondary N) is 1. The van der Waals surface area contributed by atoms with E-state index in [0.29, 0.717) is 18.9 Å². The standard InChI is InChI=1S/C18H29N3O/c1-3-21(17-10-5-4-7-14(17)2)12-11-20-18(22)13-15-8-6-9-16(15)19/h4-5,7,10,15-16H,3,6,8-9,11-13,19H2,1-2H3,(H,20,22)/t15-,16+/m0/s1. The molecule has 0 heterocycles. The van der Waals surface area contributed by atoms with Gasteiger partial charge in [-0.3, -0.25) is 4.79 Å². The van der Waals surface area contributed by atoms with Crippen molar-refractivity contribution < 1.29 is 4.79 Å². The SMILES string of the molecule is CCN(CCNC(=O)C[C@@H]1CCC[C@H]1N)c1ccccc1C. The Morgan fingerprint density at radius 2 is 2.14 bits per heavy atom. The molecule has 2 rings (SSSR count). The lowest BCUT2D eigenvalue weighted by Crippen LogP contribution is -2.37. The van der Waals surface area contributed by atoms with Gasteiger partial charge in [0.25, 0.3) is 0 Å². The van der Waals surface area contributed by atoms with E-state index in [9.17, 15) is 4.79 Å². The molecule has 0 saturated heterocycles. The second-order valence-electron chi connectivity index (χ2n) is 6.28. The zero-order chi connectivity index (χ0) is 15.9. The van der Waals surface area contributed by atoms with Crippen LogP contribution in [0.3, 0.4) is 0 Å². The summed E-state index contributed by atoms with van der Waals surface area (Å²) in [6, 6.07) is 8.59. The Morgan fingerprint density at radius 3 is 2.77 bits per heavy atom. The molecule has 4 nitrogen and oxygen atoms in total. The molecule has 1 aromatic rings. The number of likely N-dealkylation sites (N-methyl/N-ethyl adjacent to an activating group) is 1. The highest BCUT2D eigenvalue weighted by atomic mass is 16.1. The van der Waals surface area contributed by atoms with Crippen molar-refractivity contribution in [2.24, 2.45) is 11.7 Å². The van der Waals surface area contributed by atoms with Crippen LogP contribution in [0.2, 0.25) is 0 Å². The number of anilines is 1. The molecule has 22 heavy (non-hydrogen) atoms. The van der Waals surface area contributed by atoms with Gasteiger partial charge >= 0.3 is 0 Å². The Hall–Kier alpha value is -1.55. The summed E-state index contributed by atoms with van der Waals surface area (Å²) in [5.41, 5.74) is 8.55. The Balaban J connectivity index is 1.77. The molecule has 3 N–H and O–H groups in total. The molecule has 0 unspecified atom stereocenters. The number of amides is 1. The van der Waals surface area contributed by atoms with E-state index >= 15 is 0 Å². The molecule has 1 aliphatic rings. The molecule has 2 atom stereocenters. The second kappa shape index (κ2) is 8.18. The van der Waals surface area contributed by atoms with Crippen LogP contribution in [0.1, 0.15) is 38.2 Å². The summed E-state index contributed by atoms with van der Waals surface area (Å²) in [5.74, 6) is 0.516. The average Bonchev–Trinajstić information content (AvgIpc) is 2.90. The molecule has 1 saturated carbocycles. The van der Waals surface area contributed by atoms with E-state index in [4.69, 9.17) is 5.73 Å². The van der Waals surface area contributed by atoms with Crippen molar-refractivity contribution >= 4 is 11.6 Å². The van der Waals surface area contributed by atoms with Crippen LogP contribution in [-0.2, 0) is 4.79 Å². The number of hydrogen-bond acceptors (Lipinski definition) is 3. The van der Waals surface area contributed by atoms with Crippen LogP contribution in [-0.4, -0.2) is 31.6 Å². The quantitative estimate of drug-likeness (QED) is 0.813.